The van der Waals surface area contributed by atoms with E-state index in [-0.39, 0.29) is 30.2 Å². The summed E-state index contributed by atoms with van der Waals surface area (Å²) in [5.74, 6) is -0.372. The fraction of sp³-hybridized carbons (Fsp3) is 0.632. The van der Waals surface area contributed by atoms with E-state index in [1.165, 1.54) is 22.7 Å². The number of halogens is 1. The number of sulfonamides is 1. The predicted molar refractivity (Wildman–Crippen MR) is 98.4 cm³/mol. The first-order chi connectivity index (χ1) is 12.3. The molecule has 26 heavy (non-hydrogen) atoms. The van der Waals surface area contributed by atoms with Crippen LogP contribution in [-0.4, -0.2) is 38.0 Å². The van der Waals surface area contributed by atoms with Gasteiger partial charge in [-0.15, -0.1) is 0 Å². The first-order valence-electron chi connectivity index (χ1n) is 9.35. The first kappa shape index (κ1) is 19.3. The molecule has 1 N–H and O–H groups in total. The van der Waals surface area contributed by atoms with Gasteiger partial charge in [-0.3, -0.25) is 4.79 Å². The number of carbonyl (C=O) groups excluding carboxylic acids is 1. The largest absolute Gasteiger partial charge is 0.349 e. The summed E-state index contributed by atoms with van der Waals surface area (Å²) in [6.45, 7) is 0.720. The van der Waals surface area contributed by atoms with Crippen molar-refractivity contribution < 1.29 is 17.6 Å². The molecule has 0 spiro atoms. The molecule has 0 aromatic heterocycles. The number of nitrogens with zero attached hydrogens (tertiary/aromatic N) is 1. The van der Waals surface area contributed by atoms with Gasteiger partial charge in [0.15, 0.2) is 0 Å². The Bertz CT molecular complexity index is 730. The quantitative estimate of drug-likeness (QED) is 0.852. The molecule has 1 aliphatic carbocycles. The molecule has 1 amide bonds. The van der Waals surface area contributed by atoms with Crippen LogP contribution in [0.15, 0.2) is 24.3 Å². The van der Waals surface area contributed by atoms with Crippen molar-refractivity contribution in [1.82, 2.24) is 9.62 Å². The van der Waals surface area contributed by atoms with Crippen molar-refractivity contribution in [3.05, 3.63) is 35.6 Å². The number of piperidine rings is 1. The van der Waals surface area contributed by atoms with E-state index in [0.717, 1.165) is 31.2 Å². The maximum atomic E-state index is 13.3. The lowest BCUT2D eigenvalue weighted by molar-refractivity contribution is -0.127. The summed E-state index contributed by atoms with van der Waals surface area (Å²) in [6, 6.07) is 6.19. The minimum absolute atomic E-state index is 0.0976. The standard InChI is InChI=1S/C19H27FN2O3S/c1-26(24,25)22-12-4-7-16(13-22)19(23)21-18(14-5-2-3-6-14)15-8-10-17(20)11-9-15/h8-11,14,16,18H,2-7,12-13H2,1H3,(H,21,23)/t16-,18-/m1/s1. The van der Waals surface area contributed by atoms with Crippen molar-refractivity contribution in [3.8, 4) is 0 Å². The van der Waals surface area contributed by atoms with Crippen LogP contribution in [0.3, 0.4) is 0 Å². The Kier molecular flexibility index (Phi) is 5.97. The number of amides is 1. The molecule has 2 atom stereocenters. The van der Waals surface area contributed by atoms with Crippen molar-refractivity contribution in [2.24, 2.45) is 11.8 Å². The smallest absolute Gasteiger partial charge is 0.224 e. The number of benzene rings is 1. The average molecular weight is 383 g/mol. The van der Waals surface area contributed by atoms with E-state index in [1.807, 2.05) is 0 Å². The molecular formula is C19H27FN2O3S. The summed E-state index contributed by atoms with van der Waals surface area (Å²) < 4.78 is 38.3. The summed E-state index contributed by atoms with van der Waals surface area (Å²) in [7, 11) is -3.28. The van der Waals surface area contributed by atoms with Crippen molar-refractivity contribution in [3.63, 3.8) is 0 Å². The molecule has 0 radical (unpaired) electrons. The van der Waals surface area contributed by atoms with Gasteiger partial charge in [0.05, 0.1) is 18.2 Å². The summed E-state index contributed by atoms with van der Waals surface area (Å²) in [6.07, 6.45) is 6.94. The second-order valence-corrected chi connectivity index (χ2v) is 9.52. The first-order valence-corrected chi connectivity index (χ1v) is 11.2. The molecule has 0 bridgehead atoms. The van der Waals surface area contributed by atoms with Gasteiger partial charge in [0.1, 0.15) is 5.82 Å². The monoisotopic (exact) mass is 382 g/mol. The molecular weight excluding hydrogens is 355 g/mol. The van der Waals surface area contributed by atoms with Gasteiger partial charge in [0.25, 0.3) is 0 Å². The molecule has 3 rings (SSSR count). The van der Waals surface area contributed by atoms with E-state index in [9.17, 15) is 17.6 Å². The van der Waals surface area contributed by atoms with Crippen LogP contribution in [0.25, 0.3) is 0 Å². The Balaban J connectivity index is 1.73. The third kappa shape index (κ3) is 4.62. The van der Waals surface area contributed by atoms with Gasteiger partial charge in [0.2, 0.25) is 15.9 Å². The van der Waals surface area contributed by atoms with E-state index in [2.05, 4.69) is 5.32 Å². The van der Waals surface area contributed by atoms with Crippen molar-refractivity contribution >= 4 is 15.9 Å². The Morgan fingerprint density at radius 2 is 1.81 bits per heavy atom. The Hall–Kier alpha value is -1.47. The molecule has 1 heterocycles. The normalized spacial score (nSPS) is 23.7. The van der Waals surface area contributed by atoms with Crippen LogP contribution in [0.1, 0.15) is 50.1 Å². The van der Waals surface area contributed by atoms with E-state index < -0.39 is 10.0 Å². The fourth-order valence-electron chi connectivity index (χ4n) is 4.16. The van der Waals surface area contributed by atoms with Crippen LogP contribution in [0.5, 0.6) is 0 Å². The molecule has 1 aromatic carbocycles. The highest BCUT2D eigenvalue weighted by Crippen LogP contribution is 2.36. The zero-order valence-corrected chi connectivity index (χ0v) is 16.0. The zero-order chi connectivity index (χ0) is 18.7. The third-order valence-electron chi connectivity index (χ3n) is 5.62. The van der Waals surface area contributed by atoms with Crippen LogP contribution in [0.4, 0.5) is 4.39 Å². The number of rotatable bonds is 5. The number of hydrogen-bond acceptors (Lipinski definition) is 3. The number of hydrogen-bond donors (Lipinski definition) is 1. The molecule has 1 saturated heterocycles. The Morgan fingerprint density at radius 3 is 2.42 bits per heavy atom. The minimum Gasteiger partial charge on any atom is -0.349 e. The highest BCUT2D eigenvalue weighted by molar-refractivity contribution is 7.88. The molecule has 1 saturated carbocycles. The van der Waals surface area contributed by atoms with Crippen LogP contribution in [-0.2, 0) is 14.8 Å². The molecule has 2 aliphatic rings. The predicted octanol–water partition coefficient (Wildman–Crippen LogP) is 2.84. The van der Waals surface area contributed by atoms with Crippen molar-refractivity contribution in [1.29, 1.82) is 0 Å². The summed E-state index contributed by atoms with van der Waals surface area (Å²) in [5, 5.41) is 3.15. The SMILES string of the molecule is CS(=O)(=O)N1CCC[C@@H](C(=O)N[C@@H](c2ccc(F)cc2)C2CCCC2)C1. The van der Waals surface area contributed by atoms with E-state index in [4.69, 9.17) is 0 Å². The summed E-state index contributed by atoms with van der Waals surface area (Å²) in [4.78, 5) is 12.9. The average Bonchev–Trinajstić information content (AvgIpc) is 3.14. The Labute approximate surface area is 155 Å². The molecule has 5 nitrogen and oxygen atoms in total. The minimum atomic E-state index is -3.28. The molecule has 1 aromatic rings. The van der Waals surface area contributed by atoms with Crippen LogP contribution < -0.4 is 5.32 Å². The molecule has 144 valence electrons. The van der Waals surface area contributed by atoms with Gasteiger partial charge in [-0.1, -0.05) is 25.0 Å². The summed E-state index contributed by atoms with van der Waals surface area (Å²) in [5.41, 5.74) is 0.919. The maximum Gasteiger partial charge on any atom is 0.224 e. The van der Waals surface area contributed by atoms with E-state index >= 15 is 0 Å². The van der Waals surface area contributed by atoms with E-state index in [0.29, 0.717) is 25.3 Å². The zero-order valence-electron chi connectivity index (χ0n) is 15.2. The highest BCUT2D eigenvalue weighted by atomic mass is 32.2. The lowest BCUT2D eigenvalue weighted by Gasteiger charge is -2.32. The second kappa shape index (κ2) is 8.05. The van der Waals surface area contributed by atoms with Gasteiger partial charge >= 0.3 is 0 Å². The van der Waals surface area contributed by atoms with Crippen LogP contribution in [0, 0.1) is 17.7 Å². The number of carbonyl (C=O) groups is 1. The molecule has 7 heteroatoms. The third-order valence-corrected chi connectivity index (χ3v) is 6.89. The maximum absolute atomic E-state index is 13.3. The molecule has 1 aliphatic heterocycles. The topological polar surface area (TPSA) is 66.5 Å². The van der Waals surface area contributed by atoms with Crippen molar-refractivity contribution in [2.45, 2.75) is 44.6 Å². The molecule has 2 fully saturated rings. The molecule has 0 unspecified atom stereocenters. The lowest BCUT2D eigenvalue weighted by Crippen LogP contribution is -2.46. The number of nitrogens with one attached hydrogen (secondary N) is 1. The van der Waals surface area contributed by atoms with E-state index in [1.54, 1.807) is 12.1 Å². The van der Waals surface area contributed by atoms with Gasteiger partial charge in [0, 0.05) is 13.1 Å². The second-order valence-electron chi connectivity index (χ2n) is 7.54. The van der Waals surface area contributed by atoms with Crippen molar-refractivity contribution in [2.75, 3.05) is 19.3 Å². The van der Waals surface area contributed by atoms with Crippen LogP contribution in [0.2, 0.25) is 0 Å². The Morgan fingerprint density at radius 1 is 1.15 bits per heavy atom. The van der Waals surface area contributed by atoms with Gasteiger partial charge in [-0.25, -0.2) is 17.1 Å². The highest BCUT2D eigenvalue weighted by Gasteiger charge is 2.33. The van der Waals surface area contributed by atoms with Gasteiger partial charge in [-0.2, -0.15) is 0 Å². The van der Waals surface area contributed by atoms with Crippen LogP contribution >= 0.6 is 0 Å². The summed E-state index contributed by atoms with van der Waals surface area (Å²) >= 11 is 0. The lowest BCUT2D eigenvalue weighted by atomic mass is 9.90. The van der Waals surface area contributed by atoms with Gasteiger partial charge in [-0.05, 0) is 49.3 Å². The van der Waals surface area contributed by atoms with Gasteiger partial charge < -0.3 is 5.32 Å². The fourth-order valence-corrected chi connectivity index (χ4v) is 5.07.